The molecule has 2 aliphatic rings. The summed E-state index contributed by atoms with van der Waals surface area (Å²) in [5.41, 5.74) is 0. The summed E-state index contributed by atoms with van der Waals surface area (Å²) in [6.07, 6.45) is -0.639. The van der Waals surface area contributed by atoms with Gasteiger partial charge in [0.15, 0.2) is 0 Å². The molecule has 0 amide bonds. The molecule has 0 aromatic carbocycles. The third-order valence-electron chi connectivity index (χ3n) is 3.65. The fourth-order valence-corrected chi connectivity index (χ4v) is 2.49. The van der Waals surface area contributed by atoms with Gasteiger partial charge in [-0.05, 0) is 14.1 Å². The molecular weight excluding hydrogens is 236 g/mol. The predicted molar refractivity (Wildman–Crippen MR) is 68.2 cm³/mol. The molecule has 4 atom stereocenters. The summed E-state index contributed by atoms with van der Waals surface area (Å²) < 4.78 is 0. The highest BCUT2D eigenvalue weighted by Gasteiger charge is 2.28. The topological polar surface area (TPSA) is 87.4 Å². The second kappa shape index (κ2) is 7.37. The van der Waals surface area contributed by atoms with Gasteiger partial charge in [-0.3, -0.25) is 0 Å². The molecule has 0 bridgehead atoms. The largest absolute Gasteiger partial charge is 0.396 e. The van der Waals surface area contributed by atoms with Gasteiger partial charge in [0, 0.05) is 51.2 Å². The second-order valence-electron chi connectivity index (χ2n) is 5.46. The quantitative estimate of drug-likeness (QED) is 0.452. The predicted octanol–water partition coefficient (Wildman–Crippen LogP) is -2.20. The van der Waals surface area contributed by atoms with Gasteiger partial charge in [-0.1, -0.05) is 0 Å². The summed E-state index contributed by atoms with van der Waals surface area (Å²) in [5.74, 6) is 0.157. The Morgan fingerprint density at radius 1 is 0.778 bits per heavy atom. The van der Waals surface area contributed by atoms with Gasteiger partial charge in [-0.15, -0.1) is 0 Å². The van der Waals surface area contributed by atoms with Gasteiger partial charge >= 0.3 is 0 Å². The van der Waals surface area contributed by atoms with Crippen molar-refractivity contribution in [3.63, 3.8) is 0 Å². The molecule has 0 aromatic heterocycles. The molecule has 4 N–H and O–H groups in total. The van der Waals surface area contributed by atoms with Gasteiger partial charge < -0.3 is 30.2 Å². The Morgan fingerprint density at radius 3 is 1.22 bits per heavy atom. The van der Waals surface area contributed by atoms with E-state index in [9.17, 15) is 0 Å². The van der Waals surface area contributed by atoms with E-state index in [-0.39, 0.29) is 37.3 Å². The first-order valence-corrected chi connectivity index (χ1v) is 6.42. The summed E-state index contributed by atoms with van der Waals surface area (Å²) in [6.45, 7) is 3.24. The van der Waals surface area contributed by atoms with Crippen LogP contribution in [0.2, 0.25) is 0 Å². The highest BCUT2D eigenvalue weighted by molar-refractivity contribution is 4.81. The van der Waals surface area contributed by atoms with Crippen LogP contribution in [-0.2, 0) is 0 Å². The van der Waals surface area contributed by atoms with Crippen LogP contribution in [0.25, 0.3) is 0 Å². The van der Waals surface area contributed by atoms with Gasteiger partial charge in [0.25, 0.3) is 0 Å². The van der Waals surface area contributed by atoms with Crippen molar-refractivity contribution in [3.8, 4) is 0 Å². The maximum absolute atomic E-state index is 9.16. The van der Waals surface area contributed by atoms with Crippen molar-refractivity contribution in [1.82, 2.24) is 9.80 Å². The molecule has 2 fully saturated rings. The van der Waals surface area contributed by atoms with Gasteiger partial charge in [-0.2, -0.15) is 0 Å². The van der Waals surface area contributed by atoms with Crippen LogP contribution in [0.15, 0.2) is 0 Å². The van der Waals surface area contributed by atoms with Crippen LogP contribution in [0.3, 0.4) is 0 Å². The molecule has 2 saturated heterocycles. The molecule has 108 valence electrons. The zero-order valence-corrected chi connectivity index (χ0v) is 11.2. The van der Waals surface area contributed by atoms with Gasteiger partial charge in [0.05, 0.1) is 12.2 Å². The van der Waals surface area contributed by atoms with E-state index in [1.807, 2.05) is 23.9 Å². The van der Waals surface area contributed by atoms with Crippen LogP contribution in [0.4, 0.5) is 0 Å². The van der Waals surface area contributed by atoms with Crippen molar-refractivity contribution < 1.29 is 20.4 Å². The van der Waals surface area contributed by atoms with E-state index >= 15 is 0 Å². The lowest BCUT2D eigenvalue weighted by atomic mass is 10.1. The zero-order valence-electron chi connectivity index (χ0n) is 11.2. The number of rotatable bonds is 2. The SMILES string of the molecule is CN1C[C@@H](CO)[C@H](O)C1.CN1C[C@H](CO)[C@@H](O)C1. The van der Waals surface area contributed by atoms with Crippen molar-refractivity contribution in [3.05, 3.63) is 0 Å². The monoisotopic (exact) mass is 262 g/mol. The lowest BCUT2D eigenvalue weighted by Crippen LogP contribution is -2.20. The third kappa shape index (κ3) is 4.46. The summed E-state index contributed by atoms with van der Waals surface area (Å²) >= 11 is 0. The van der Waals surface area contributed by atoms with Crippen LogP contribution >= 0.6 is 0 Å². The first-order valence-electron chi connectivity index (χ1n) is 6.42. The van der Waals surface area contributed by atoms with Gasteiger partial charge in [0.2, 0.25) is 0 Å². The standard InChI is InChI=1S/2C6H13NO2/c2*1-7-2-5(4-8)6(9)3-7/h2*5-6,8-9H,2-4H2,1H3/t2*5-,6+/m10/s1. The molecule has 2 aliphatic heterocycles. The summed E-state index contributed by atoms with van der Waals surface area (Å²) in [4.78, 5) is 4.04. The van der Waals surface area contributed by atoms with Crippen molar-refractivity contribution in [2.45, 2.75) is 12.2 Å². The highest BCUT2D eigenvalue weighted by atomic mass is 16.3. The molecule has 0 saturated carbocycles. The Balaban J connectivity index is 0.000000180. The van der Waals surface area contributed by atoms with E-state index in [2.05, 4.69) is 0 Å². The van der Waals surface area contributed by atoms with Crippen LogP contribution < -0.4 is 0 Å². The first kappa shape index (κ1) is 15.8. The summed E-state index contributed by atoms with van der Waals surface area (Å²) in [6, 6.07) is 0. The van der Waals surface area contributed by atoms with Crippen molar-refractivity contribution >= 4 is 0 Å². The van der Waals surface area contributed by atoms with Gasteiger partial charge in [-0.25, -0.2) is 0 Å². The van der Waals surface area contributed by atoms with Crippen LogP contribution in [0.5, 0.6) is 0 Å². The summed E-state index contributed by atoms with van der Waals surface area (Å²) in [5, 5.41) is 35.7. The fraction of sp³-hybridized carbons (Fsp3) is 1.00. The highest BCUT2D eigenvalue weighted by Crippen LogP contribution is 2.14. The lowest BCUT2D eigenvalue weighted by Gasteiger charge is -2.07. The van der Waals surface area contributed by atoms with E-state index in [0.29, 0.717) is 13.1 Å². The Hall–Kier alpha value is -0.240. The molecule has 0 aromatic rings. The molecular formula is C12H26N2O4. The van der Waals surface area contributed by atoms with E-state index < -0.39 is 0 Å². The number of likely N-dealkylation sites (N-methyl/N-ethyl adjacent to an activating group) is 2. The maximum Gasteiger partial charge on any atom is 0.0729 e. The Bertz CT molecular complexity index is 218. The smallest absolute Gasteiger partial charge is 0.0729 e. The molecule has 0 unspecified atom stereocenters. The minimum atomic E-state index is -0.319. The number of likely N-dealkylation sites (tertiary alicyclic amines) is 2. The molecule has 2 rings (SSSR count). The lowest BCUT2D eigenvalue weighted by molar-refractivity contribution is 0.103. The van der Waals surface area contributed by atoms with Crippen LogP contribution in [0.1, 0.15) is 0 Å². The normalized spacial score (nSPS) is 37.7. The average Bonchev–Trinajstić information content (AvgIpc) is 2.81. The number of aliphatic hydroxyl groups is 4. The van der Waals surface area contributed by atoms with E-state index in [1.54, 1.807) is 0 Å². The molecule has 0 spiro atoms. The van der Waals surface area contributed by atoms with Crippen LogP contribution in [0, 0.1) is 11.8 Å². The molecule has 6 heteroatoms. The third-order valence-corrected chi connectivity index (χ3v) is 3.65. The summed E-state index contributed by atoms with van der Waals surface area (Å²) in [7, 11) is 3.89. The minimum Gasteiger partial charge on any atom is -0.396 e. The number of aliphatic hydroxyl groups excluding tert-OH is 4. The molecule has 0 aliphatic carbocycles. The Labute approximate surface area is 108 Å². The zero-order chi connectivity index (χ0) is 13.7. The minimum absolute atomic E-state index is 0.0787. The van der Waals surface area contributed by atoms with E-state index in [4.69, 9.17) is 20.4 Å². The number of β-amino-alcohol motifs (C(OH)–C–C–N with tert-alkyl or cyclic N) is 2. The average molecular weight is 262 g/mol. The number of hydrogen-bond acceptors (Lipinski definition) is 6. The van der Waals surface area contributed by atoms with Gasteiger partial charge in [0.1, 0.15) is 0 Å². The molecule has 2 heterocycles. The van der Waals surface area contributed by atoms with Crippen LogP contribution in [-0.4, -0.2) is 95.9 Å². The number of hydrogen-bond donors (Lipinski definition) is 4. The maximum atomic E-state index is 9.16. The Morgan fingerprint density at radius 2 is 1.11 bits per heavy atom. The second-order valence-corrected chi connectivity index (χ2v) is 5.46. The Kier molecular flexibility index (Phi) is 6.48. The van der Waals surface area contributed by atoms with E-state index in [0.717, 1.165) is 13.1 Å². The molecule has 18 heavy (non-hydrogen) atoms. The molecule has 0 radical (unpaired) electrons. The van der Waals surface area contributed by atoms with E-state index in [1.165, 1.54) is 0 Å². The first-order chi connectivity index (χ1) is 8.47. The van der Waals surface area contributed by atoms with Crippen molar-refractivity contribution in [2.24, 2.45) is 11.8 Å². The number of nitrogens with zero attached hydrogens (tertiary/aromatic N) is 2. The fourth-order valence-electron chi connectivity index (χ4n) is 2.49. The van der Waals surface area contributed by atoms with Crippen molar-refractivity contribution in [1.29, 1.82) is 0 Å². The molecule has 6 nitrogen and oxygen atoms in total. The van der Waals surface area contributed by atoms with Crippen molar-refractivity contribution in [2.75, 3.05) is 53.5 Å².